The van der Waals surface area contributed by atoms with Crippen molar-refractivity contribution in [1.29, 1.82) is 0 Å². The van der Waals surface area contributed by atoms with Gasteiger partial charge < -0.3 is 9.30 Å². The molecule has 2 aromatic carbocycles. The van der Waals surface area contributed by atoms with Gasteiger partial charge >= 0.3 is 5.97 Å². The second kappa shape index (κ2) is 8.29. The first-order chi connectivity index (χ1) is 12.6. The third-order valence-electron chi connectivity index (χ3n) is 3.85. The van der Waals surface area contributed by atoms with Gasteiger partial charge in [0.1, 0.15) is 6.54 Å². The van der Waals surface area contributed by atoms with E-state index in [9.17, 15) is 9.59 Å². The highest BCUT2D eigenvalue weighted by Crippen LogP contribution is 2.22. The number of benzene rings is 2. The monoisotopic (exact) mass is 388 g/mol. The van der Waals surface area contributed by atoms with Crippen LogP contribution in [0.3, 0.4) is 0 Å². The number of rotatable bonds is 5. The molecule has 0 bridgehead atoms. The zero-order chi connectivity index (χ0) is 18.5. The number of aryl methyl sites for hydroxylation is 1. The number of esters is 1. The highest BCUT2D eigenvalue weighted by atomic mass is 35.5. The lowest BCUT2D eigenvalue weighted by atomic mass is 10.1. The SMILES string of the molecule is COC(=O)Cn1c(=NC(=O)CCc2ccccc2)sc2cc(Cl)ccc21. The maximum atomic E-state index is 12.3. The minimum atomic E-state index is -0.405. The quantitative estimate of drug-likeness (QED) is 0.627. The van der Waals surface area contributed by atoms with Gasteiger partial charge in [0, 0.05) is 11.4 Å². The van der Waals surface area contributed by atoms with Gasteiger partial charge in [0.2, 0.25) is 5.91 Å². The molecule has 0 aliphatic heterocycles. The number of nitrogens with zero attached hydrogens (tertiary/aromatic N) is 2. The maximum Gasteiger partial charge on any atom is 0.325 e. The smallest absolute Gasteiger partial charge is 0.325 e. The van der Waals surface area contributed by atoms with Crippen LogP contribution in [0.15, 0.2) is 53.5 Å². The van der Waals surface area contributed by atoms with Crippen molar-refractivity contribution in [3.63, 3.8) is 0 Å². The Labute approximate surface area is 159 Å². The molecule has 0 radical (unpaired) electrons. The maximum absolute atomic E-state index is 12.3. The number of thiazole rings is 1. The van der Waals surface area contributed by atoms with Crippen LogP contribution in [-0.4, -0.2) is 23.6 Å². The second-order valence-corrected chi connectivity index (χ2v) is 7.10. The largest absolute Gasteiger partial charge is 0.468 e. The Hall–Kier alpha value is -2.44. The summed E-state index contributed by atoms with van der Waals surface area (Å²) >= 11 is 7.37. The fourth-order valence-corrected chi connectivity index (χ4v) is 3.86. The van der Waals surface area contributed by atoms with Crippen LogP contribution in [0.4, 0.5) is 0 Å². The Kier molecular flexibility index (Phi) is 5.85. The normalized spacial score (nSPS) is 11.7. The van der Waals surface area contributed by atoms with E-state index in [0.717, 1.165) is 15.8 Å². The predicted molar refractivity (Wildman–Crippen MR) is 102 cm³/mol. The van der Waals surface area contributed by atoms with Crippen LogP contribution in [0.2, 0.25) is 5.02 Å². The lowest BCUT2D eigenvalue weighted by Crippen LogP contribution is -2.22. The third-order valence-corrected chi connectivity index (χ3v) is 5.13. The van der Waals surface area contributed by atoms with E-state index in [0.29, 0.717) is 22.7 Å². The molecule has 0 unspecified atom stereocenters. The first-order valence-electron chi connectivity index (χ1n) is 8.04. The molecule has 26 heavy (non-hydrogen) atoms. The highest BCUT2D eigenvalue weighted by Gasteiger charge is 2.12. The van der Waals surface area contributed by atoms with E-state index in [1.165, 1.54) is 18.4 Å². The van der Waals surface area contributed by atoms with Gasteiger partial charge in [0.05, 0.1) is 17.3 Å². The lowest BCUT2D eigenvalue weighted by Gasteiger charge is -2.03. The minimum absolute atomic E-state index is 0.0110. The Morgan fingerprint density at radius 1 is 1.19 bits per heavy atom. The molecule has 7 heteroatoms. The number of carbonyl (C=O) groups excluding carboxylic acids is 2. The molecule has 5 nitrogen and oxygen atoms in total. The van der Waals surface area contributed by atoms with Crippen molar-refractivity contribution in [2.45, 2.75) is 19.4 Å². The van der Waals surface area contributed by atoms with Gasteiger partial charge in [-0.2, -0.15) is 4.99 Å². The fourth-order valence-electron chi connectivity index (χ4n) is 2.54. The molecule has 0 spiro atoms. The zero-order valence-corrected chi connectivity index (χ0v) is 15.7. The molecule has 0 saturated heterocycles. The van der Waals surface area contributed by atoms with E-state index in [-0.39, 0.29) is 12.5 Å². The molecule has 0 saturated carbocycles. The number of fused-ring (bicyclic) bond motifs is 1. The molecule has 0 aliphatic carbocycles. The van der Waals surface area contributed by atoms with Crippen molar-refractivity contribution in [3.05, 3.63) is 63.9 Å². The molecular formula is C19H17ClN2O3S. The van der Waals surface area contributed by atoms with Gasteiger partial charge in [-0.3, -0.25) is 9.59 Å². The van der Waals surface area contributed by atoms with Gasteiger partial charge in [-0.15, -0.1) is 0 Å². The number of halogens is 1. The van der Waals surface area contributed by atoms with Crippen LogP contribution in [0, 0.1) is 0 Å². The Morgan fingerprint density at radius 3 is 2.69 bits per heavy atom. The van der Waals surface area contributed by atoms with Gasteiger partial charge in [-0.05, 0) is 30.2 Å². The Morgan fingerprint density at radius 2 is 1.96 bits per heavy atom. The van der Waals surface area contributed by atoms with Crippen molar-refractivity contribution >= 4 is 45.0 Å². The molecule has 0 aliphatic rings. The summed E-state index contributed by atoms with van der Waals surface area (Å²) < 4.78 is 7.29. The molecule has 1 aromatic heterocycles. The number of methoxy groups -OCH3 is 1. The second-order valence-electron chi connectivity index (χ2n) is 5.65. The highest BCUT2D eigenvalue weighted by molar-refractivity contribution is 7.16. The molecule has 3 rings (SSSR count). The molecule has 1 heterocycles. The van der Waals surface area contributed by atoms with Crippen LogP contribution in [-0.2, 0) is 27.3 Å². The van der Waals surface area contributed by atoms with Gasteiger partial charge in [-0.25, -0.2) is 0 Å². The number of hydrogen-bond donors (Lipinski definition) is 0. The number of amides is 1. The summed E-state index contributed by atoms with van der Waals surface area (Å²) in [5, 5.41) is 0.589. The standard InChI is InChI=1S/C19H17ClN2O3S/c1-25-18(24)12-22-15-9-8-14(20)11-16(15)26-19(22)21-17(23)10-7-13-5-3-2-4-6-13/h2-6,8-9,11H,7,10,12H2,1H3. The van der Waals surface area contributed by atoms with Crippen LogP contribution in [0.1, 0.15) is 12.0 Å². The molecule has 3 aromatic rings. The van der Waals surface area contributed by atoms with E-state index >= 15 is 0 Å². The number of hydrogen-bond acceptors (Lipinski definition) is 4. The molecule has 134 valence electrons. The summed E-state index contributed by atoms with van der Waals surface area (Å²) in [5.74, 6) is -0.636. The molecule has 0 N–H and O–H groups in total. The van der Waals surface area contributed by atoms with Crippen molar-refractivity contribution in [1.82, 2.24) is 4.57 Å². The summed E-state index contributed by atoms with van der Waals surface area (Å²) in [6.07, 6.45) is 0.925. The van der Waals surface area contributed by atoms with Crippen LogP contribution in [0.5, 0.6) is 0 Å². The van der Waals surface area contributed by atoms with E-state index in [2.05, 4.69) is 4.99 Å². The average Bonchev–Trinajstić information content (AvgIpc) is 2.96. The summed E-state index contributed by atoms with van der Waals surface area (Å²) in [6, 6.07) is 15.1. The summed E-state index contributed by atoms with van der Waals surface area (Å²) in [7, 11) is 1.33. The van der Waals surface area contributed by atoms with Gasteiger partial charge in [-0.1, -0.05) is 53.3 Å². The number of aromatic nitrogens is 1. The summed E-state index contributed by atoms with van der Waals surface area (Å²) in [4.78, 5) is 28.8. The van der Waals surface area contributed by atoms with Crippen molar-refractivity contribution < 1.29 is 14.3 Å². The number of carbonyl (C=O) groups is 2. The molecule has 1 amide bonds. The van der Waals surface area contributed by atoms with E-state index in [4.69, 9.17) is 16.3 Å². The molecule has 0 atom stereocenters. The first-order valence-corrected chi connectivity index (χ1v) is 9.23. The van der Waals surface area contributed by atoms with Crippen LogP contribution >= 0.6 is 22.9 Å². The van der Waals surface area contributed by atoms with E-state index in [1.54, 1.807) is 16.7 Å². The first kappa shape index (κ1) is 18.4. The van der Waals surface area contributed by atoms with Gasteiger partial charge in [0.15, 0.2) is 4.80 Å². The van der Waals surface area contributed by atoms with Crippen LogP contribution in [0.25, 0.3) is 10.2 Å². The Balaban J connectivity index is 1.91. The zero-order valence-electron chi connectivity index (χ0n) is 14.1. The average molecular weight is 389 g/mol. The topological polar surface area (TPSA) is 60.7 Å². The number of ether oxygens (including phenoxy) is 1. The van der Waals surface area contributed by atoms with Crippen molar-refractivity contribution in [3.8, 4) is 0 Å². The van der Waals surface area contributed by atoms with Crippen molar-refractivity contribution in [2.24, 2.45) is 4.99 Å². The van der Waals surface area contributed by atoms with Gasteiger partial charge in [0.25, 0.3) is 0 Å². The lowest BCUT2D eigenvalue weighted by molar-refractivity contribution is -0.141. The molecule has 0 fully saturated rings. The third kappa shape index (κ3) is 4.39. The van der Waals surface area contributed by atoms with E-state index < -0.39 is 5.97 Å². The van der Waals surface area contributed by atoms with Crippen LogP contribution < -0.4 is 4.80 Å². The predicted octanol–water partition coefficient (Wildman–Crippen LogP) is 3.59. The summed E-state index contributed by atoms with van der Waals surface area (Å²) in [6.45, 7) is -0.0110. The minimum Gasteiger partial charge on any atom is -0.468 e. The Bertz CT molecular complexity index is 1010. The fraction of sp³-hybridized carbons (Fsp3) is 0.211. The van der Waals surface area contributed by atoms with E-state index in [1.807, 2.05) is 36.4 Å². The summed E-state index contributed by atoms with van der Waals surface area (Å²) in [5.41, 5.74) is 1.88. The molecular weight excluding hydrogens is 372 g/mol. The van der Waals surface area contributed by atoms with Crippen molar-refractivity contribution in [2.75, 3.05) is 7.11 Å².